The molecule has 1 aromatic rings. The Morgan fingerprint density at radius 2 is 1.95 bits per heavy atom. The summed E-state index contributed by atoms with van der Waals surface area (Å²) in [7, 11) is 0. The predicted octanol–water partition coefficient (Wildman–Crippen LogP) is 2.76. The van der Waals surface area contributed by atoms with Crippen molar-refractivity contribution in [3.05, 3.63) is 29.8 Å². The lowest BCUT2D eigenvalue weighted by molar-refractivity contribution is -0.139. The Hall–Kier alpha value is -1.84. The lowest BCUT2D eigenvalue weighted by Gasteiger charge is -2.28. The number of benzene rings is 1. The van der Waals surface area contributed by atoms with Crippen molar-refractivity contribution in [2.45, 2.75) is 40.5 Å². The van der Waals surface area contributed by atoms with E-state index in [1.54, 1.807) is 18.7 Å². The Morgan fingerprint density at radius 3 is 2.64 bits per heavy atom. The minimum absolute atomic E-state index is 0.125. The first-order valence-corrected chi connectivity index (χ1v) is 8.02. The molecule has 0 radical (unpaired) electrons. The standard InChI is InChI=1S/C18H26N2O2/c1-13(2)9-11-19-16(21)18(3,4)17(22)20-12-10-14-7-5-6-8-15(14)20/h5-8,13H,9-12H2,1-4H3,(H,19,21). The fourth-order valence-corrected chi connectivity index (χ4v) is 2.68. The summed E-state index contributed by atoms with van der Waals surface area (Å²) in [5, 5.41) is 2.90. The number of nitrogens with zero attached hydrogens (tertiary/aromatic N) is 1. The van der Waals surface area contributed by atoms with Crippen molar-refractivity contribution in [2.75, 3.05) is 18.0 Å². The molecule has 1 heterocycles. The van der Waals surface area contributed by atoms with Gasteiger partial charge in [-0.1, -0.05) is 32.0 Å². The molecule has 120 valence electrons. The number of fused-ring (bicyclic) bond motifs is 1. The first-order valence-electron chi connectivity index (χ1n) is 8.02. The summed E-state index contributed by atoms with van der Waals surface area (Å²) < 4.78 is 0. The van der Waals surface area contributed by atoms with E-state index < -0.39 is 5.41 Å². The monoisotopic (exact) mass is 302 g/mol. The van der Waals surface area contributed by atoms with Gasteiger partial charge in [-0.2, -0.15) is 0 Å². The molecule has 1 aliphatic heterocycles. The molecule has 0 saturated carbocycles. The summed E-state index contributed by atoms with van der Waals surface area (Å²) in [5.74, 6) is 0.214. The quantitative estimate of drug-likeness (QED) is 0.850. The second kappa shape index (κ2) is 6.51. The molecule has 22 heavy (non-hydrogen) atoms. The van der Waals surface area contributed by atoms with Crippen LogP contribution in [0.5, 0.6) is 0 Å². The van der Waals surface area contributed by atoms with E-state index in [0.29, 0.717) is 19.0 Å². The topological polar surface area (TPSA) is 49.4 Å². The lowest BCUT2D eigenvalue weighted by atomic mass is 9.90. The lowest BCUT2D eigenvalue weighted by Crippen LogP contribution is -2.49. The number of rotatable bonds is 5. The maximum absolute atomic E-state index is 12.8. The highest BCUT2D eigenvalue weighted by Gasteiger charge is 2.41. The number of amides is 2. The number of para-hydroxylation sites is 1. The van der Waals surface area contributed by atoms with E-state index in [4.69, 9.17) is 0 Å². The third-order valence-corrected chi connectivity index (χ3v) is 4.24. The van der Waals surface area contributed by atoms with Crippen LogP contribution in [0.1, 0.15) is 39.7 Å². The van der Waals surface area contributed by atoms with Crippen molar-refractivity contribution in [1.82, 2.24) is 5.32 Å². The van der Waals surface area contributed by atoms with E-state index in [1.165, 1.54) is 5.56 Å². The largest absolute Gasteiger partial charge is 0.355 e. The maximum Gasteiger partial charge on any atom is 0.242 e. The molecule has 2 amide bonds. The minimum Gasteiger partial charge on any atom is -0.355 e. The molecule has 4 nitrogen and oxygen atoms in total. The maximum atomic E-state index is 12.8. The molecular weight excluding hydrogens is 276 g/mol. The number of carbonyl (C=O) groups excluding carboxylic acids is 2. The van der Waals surface area contributed by atoms with Gasteiger partial charge in [-0.25, -0.2) is 0 Å². The van der Waals surface area contributed by atoms with Crippen molar-refractivity contribution < 1.29 is 9.59 Å². The molecule has 1 aromatic carbocycles. The van der Waals surface area contributed by atoms with Gasteiger partial charge in [-0.05, 0) is 44.2 Å². The Balaban J connectivity index is 2.06. The summed E-state index contributed by atoms with van der Waals surface area (Å²) >= 11 is 0. The molecule has 1 aliphatic rings. The van der Waals surface area contributed by atoms with E-state index in [-0.39, 0.29) is 11.8 Å². The zero-order valence-corrected chi connectivity index (χ0v) is 14.0. The highest BCUT2D eigenvalue weighted by atomic mass is 16.2. The number of hydrogen-bond donors (Lipinski definition) is 1. The van der Waals surface area contributed by atoms with Crippen LogP contribution in [-0.4, -0.2) is 24.9 Å². The average Bonchev–Trinajstić information content (AvgIpc) is 2.89. The van der Waals surface area contributed by atoms with Crippen molar-refractivity contribution >= 4 is 17.5 Å². The predicted molar refractivity (Wildman–Crippen MR) is 88.7 cm³/mol. The number of anilines is 1. The van der Waals surface area contributed by atoms with Gasteiger partial charge in [0.05, 0.1) is 0 Å². The van der Waals surface area contributed by atoms with Crippen LogP contribution < -0.4 is 10.2 Å². The van der Waals surface area contributed by atoms with Crippen molar-refractivity contribution in [1.29, 1.82) is 0 Å². The molecule has 0 unspecified atom stereocenters. The van der Waals surface area contributed by atoms with E-state index in [2.05, 4.69) is 19.2 Å². The summed E-state index contributed by atoms with van der Waals surface area (Å²) in [6, 6.07) is 7.90. The van der Waals surface area contributed by atoms with Crippen LogP contribution in [0.3, 0.4) is 0 Å². The first-order chi connectivity index (χ1) is 10.3. The average molecular weight is 302 g/mol. The Kier molecular flexibility index (Phi) is 4.89. The zero-order valence-electron chi connectivity index (χ0n) is 14.0. The number of nitrogens with one attached hydrogen (secondary N) is 1. The zero-order chi connectivity index (χ0) is 16.3. The summed E-state index contributed by atoms with van der Waals surface area (Å²) in [6.45, 7) is 8.92. The second-order valence-electron chi connectivity index (χ2n) is 6.90. The summed E-state index contributed by atoms with van der Waals surface area (Å²) in [4.78, 5) is 27.0. The van der Waals surface area contributed by atoms with Gasteiger partial charge < -0.3 is 10.2 Å². The highest BCUT2D eigenvalue weighted by molar-refractivity contribution is 6.11. The molecule has 2 rings (SSSR count). The smallest absolute Gasteiger partial charge is 0.242 e. The third-order valence-electron chi connectivity index (χ3n) is 4.24. The molecule has 4 heteroatoms. The number of carbonyl (C=O) groups is 2. The fourth-order valence-electron chi connectivity index (χ4n) is 2.68. The van der Waals surface area contributed by atoms with Crippen molar-refractivity contribution in [3.8, 4) is 0 Å². The van der Waals surface area contributed by atoms with Crippen LogP contribution in [0, 0.1) is 11.3 Å². The highest BCUT2D eigenvalue weighted by Crippen LogP contribution is 2.31. The van der Waals surface area contributed by atoms with Crippen LogP contribution in [-0.2, 0) is 16.0 Å². The Bertz CT molecular complexity index is 564. The minimum atomic E-state index is -1.05. The Labute approximate surface area is 132 Å². The third kappa shape index (κ3) is 3.32. The van der Waals surface area contributed by atoms with Gasteiger partial charge >= 0.3 is 0 Å². The van der Waals surface area contributed by atoms with Gasteiger partial charge in [0.1, 0.15) is 5.41 Å². The van der Waals surface area contributed by atoms with Crippen LogP contribution in [0.25, 0.3) is 0 Å². The van der Waals surface area contributed by atoms with Gasteiger partial charge in [0, 0.05) is 18.8 Å². The van der Waals surface area contributed by atoms with E-state index in [1.807, 2.05) is 24.3 Å². The van der Waals surface area contributed by atoms with Gasteiger partial charge in [-0.3, -0.25) is 9.59 Å². The van der Waals surface area contributed by atoms with Gasteiger partial charge in [-0.15, -0.1) is 0 Å². The summed E-state index contributed by atoms with van der Waals surface area (Å²) in [6.07, 6.45) is 1.77. The molecule has 0 spiro atoms. The first kappa shape index (κ1) is 16.5. The van der Waals surface area contributed by atoms with Crippen molar-refractivity contribution in [3.63, 3.8) is 0 Å². The van der Waals surface area contributed by atoms with Crippen LogP contribution in [0.4, 0.5) is 5.69 Å². The van der Waals surface area contributed by atoms with Gasteiger partial charge in [0.2, 0.25) is 11.8 Å². The second-order valence-corrected chi connectivity index (χ2v) is 6.90. The molecule has 0 bridgehead atoms. The molecule has 0 aromatic heterocycles. The van der Waals surface area contributed by atoms with E-state index in [9.17, 15) is 9.59 Å². The molecule has 0 atom stereocenters. The van der Waals surface area contributed by atoms with E-state index in [0.717, 1.165) is 18.5 Å². The van der Waals surface area contributed by atoms with E-state index >= 15 is 0 Å². The SMILES string of the molecule is CC(C)CCNC(=O)C(C)(C)C(=O)N1CCc2ccccc21. The normalized spacial score (nSPS) is 14.1. The Morgan fingerprint density at radius 1 is 1.27 bits per heavy atom. The molecule has 0 fully saturated rings. The molecular formula is C18H26N2O2. The number of hydrogen-bond acceptors (Lipinski definition) is 2. The van der Waals surface area contributed by atoms with Crippen LogP contribution in [0.15, 0.2) is 24.3 Å². The molecule has 0 saturated heterocycles. The summed E-state index contributed by atoms with van der Waals surface area (Å²) in [5.41, 5.74) is 1.07. The van der Waals surface area contributed by atoms with Crippen molar-refractivity contribution in [2.24, 2.45) is 11.3 Å². The molecule has 0 aliphatic carbocycles. The fraction of sp³-hybridized carbons (Fsp3) is 0.556. The molecule has 1 N–H and O–H groups in total. The van der Waals surface area contributed by atoms with Gasteiger partial charge in [0.25, 0.3) is 0 Å². The van der Waals surface area contributed by atoms with Crippen LogP contribution in [0.2, 0.25) is 0 Å². The van der Waals surface area contributed by atoms with Crippen LogP contribution >= 0.6 is 0 Å². The van der Waals surface area contributed by atoms with Gasteiger partial charge in [0.15, 0.2) is 0 Å².